The average molecular weight is 383 g/mol. The number of fused-ring (bicyclic) bond motifs is 1. The van der Waals surface area contributed by atoms with E-state index in [9.17, 15) is 9.59 Å². The summed E-state index contributed by atoms with van der Waals surface area (Å²) in [5.41, 5.74) is 0.363. The molecule has 8 nitrogen and oxygen atoms in total. The van der Waals surface area contributed by atoms with E-state index in [-0.39, 0.29) is 17.9 Å². The molecular formula is C19H36N5O3+. The summed E-state index contributed by atoms with van der Waals surface area (Å²) in [5.74, 6) is 0.870. The molecule has 0 aliphatic heterocycles. The van der Waals surface area contributed by atoms with Gasteiger partial charge in [-0.3, -0.25) is 13.9 Å². The van der Waals surface area contributed by atoms with Crippen LogP contribution in [-0.4, -0.2) is 62.6 Å². The van der Waals surface area contributed by atoms with Crippen LogP contribution in [0.15, 0.2) is 9.59 Å². The number of nitrogens with zero attached hydrogens (tertiary/aromatic N) is 5. The molecule has 1 N–H and O–H groups in total. The van der Waals surface area contributed by atoms with E-state index in [1.54, 1.807) is 7.05 Å². The number of quaternary nitrogens is 1. The second kappa shape index (κ2) is 9.85. The molecule has 2 rings (SSSR count). The highest BCUT2D eigenvalue weighted by Crippen LogP contribution is 2.12. The summed E-state index contributed by atoms with van der Waals surface area (Å²) in [6.07, 6.45) is 5.46. The zero-order valence-corrected chi connectivity index (χ0v) is 17.9. The van der Waals surface area contributed by atoms with Gasteiger partial charge in [-0.2, -0.15) is 0 Å². The molecule has 0 amide bonds. The van der Waals surface area contributed by atoms with E-state index in [0.717, 1.165) is 40.7 Å². The molecule has 0 aliphatic carbocycles. The van der Waals surface area contributed by atoms with Gasteiger partial charge in [-0.15, -0.1) is 0 Å². The molecule has 154 valence electrons. The van der Waals surface area contributed by atoms with Crippen molar-refractivity contribution >= 4 is 11.2 Å². The molecule has 2 heterocycles. The lowest BCUT2D eigenvalue weighted by atomic mass is 10.1. The number of rotatable bonds is 7. The topological polar surface area (TPSA) is 82.0 Å². The van der Waals surface area contributed by atoms with E-state index in [0.29, 0.717) is 11.2 Å². The summed E-state index contributed by atoms with van der Waals surface area (Å²) in [6.45, 7) is 3.29. The van der Waals surface area contributed by atoms with Crippen LogP contribution in [0.3, 0.4) is 0 Å². The van der Waals surface area contributed by atoms with Crippen LogP contribution in [0.5, 0.6) is 0 Å². The molecular weight excluding hydrogens is 346 g/mol. The van der Waals surface area contributed by atoms with Crippen LogP contribution in [0, 0.1) is 0 Å². The maximum Gasteiger partial charge on any atom is 0.332 e. The number of aliphatic hydroxyl groups is 1. The number of unbranched alkanes of at least 4 members (excludes halogenated alkanes) is 3. The summed E-state index contributed by atoms with van der Waals surface area (Å²) in [5, 5.41) is 8.39. The minimum atomic E-state index is -0.335. The third-order valence-corrected chi connectivity index (χ3v) is 4.59. The normalized spacial score (nSPS) is 11.6. The zero-order valence-electron chi connectivity index (χ0n) is 17.9. The third-order valence-electron chi connectivity index (χ3n) is 4.59. The van der Waals surface area contributed by atoms with Crippen molar-refractivity contribution < 1.29 is 9.59 Å². The molecule has 2 aromatic rings. The van der Waals surface area contributed by atoms with Gasteiger partial charge in [-0.05, 0) is 6.42 Å². The molecule has 2 aromatic heterocycles. The first-order chi connectivity index (χ1) is 12.5. The molecule has 0 aliphatic rings. The molecule has 0 fully saturated rings. The highest BCUT2D eigenvalue weighted by atomic mass is 16.3. The van der Waals surface area contributed by atoms with Gasteiger partial charge in [0.15, 0.2) is 11.2 Å². The Morgan fingerprint density at radius 2 is 1.59 bits per heavy atom. The van der Waals surface area contributed by atoms with Gasteiger partial charge in [-0.25, -0.2) is 9.78 Å². The molecule has 0 bridgehead atoms. The smallest absolute Gasteiger partial charge is 0.332 e. The fourth-order valence-electron chi connectivity index (χ4n) is 2.80. The van der Waals surface area contributed by atoms with Crippen molar-refractivity contribution in [3.8, 4) is 0 Å². The second-order valence-electron chi connectivity index (χ2n) is 8.01. The predicted molar refractivity (Wildman–Crippen MR) is 109 cm³/mol. The highest BCUT2D eigenvalue weighted by molar-refractivity contribution is 5.70. The maximum absolute atomic E-state index is 12.2. The van der Waals surface area contributed by atoms with Gasteiger partial charge in [0.25, 0.3) is 5.56 Å². The first-order valence-electron chi connectivity index (χ1n) is 9.57. The molecule has 8 heteroatoms. The molecule has 0 atom stereocenters. The summed E-state index contributed by atoms with van der Waals surface area (Å²) in [6, 6.07) is 0. The Morgan fingerprint density at radius 1 is 0.963 bits per heavy atom. The minimum Gasteiger partial charge on any atom is -0.391 e. The lowest BCUT2D eigenvalue weighted by molar-refractivity contribution is -0.870. The molecule has 0 saturated carbocycles. The number of aryl methyl sites for hydroxylation is 3. The summed E-state index contributed by atoms with van der Waals surface area (Å²) in [7, 11) is 11.1. The van der Waals surface area contributed by atoms with Gasteiger partial charge in [0.05, 0.1) is 27.7 Å². The molecule has 0 spiro atoms. The summed E-state index contributed by atoms with van der Waals surface area (Å²) < 4.78 is 5.23. The zero-order chi connectivity index (χ0) is 20.8. The molecule has 0 saturated heterocycles. The molecule has 0 aromatic carbocycles. The Bertz CT molecular complexity index is 855. The van der Waals surface area contributed by atoms with E-state index >= 15 is 0 Å². The van der Waals surface area contributed by atoms with E-state index < -0.39 is 0 Å². The maximum atomic E-state index is 12.2. The largest absolute Gasteiger partial charge is 0.391 e. The fraction of sp³-hybridized carbons (Fsp3) is 0.737. The van der Waals surface area contributed by atoms with Crippen molar-refractivity contribution in [2.45, 2.75) is 39.0 Å². The van der Waals surface area contributed by atoms with Crippen molar-refractivity contribution in [2.75, 3.05) is 34.3 Å². The van der Waals surface area contributed by atoms with Crippen LogP contribution in [0.25, 0.3) is 11.2 Å². The Hall–Kier alpha value is -1.93. The van der Waals surface area contributed by atoms with Crippen LogP contribution in [0.2, 0.25) is 0 Å². The third kappa shape index (κ3) is 6.04. The first-order valence-corrected chi connectivity index (χ1v) is 9.57. The summed E-state index contributed by atoms with van der Waals surface area (Å²) in [4.78, 5) is 28.6. The molecule has 27 heavy (non-hydrogen) atoms. The van der Waals surface area contributed by atoms with Crippen LogP contribution >= 0.6 is 0 Å². The van der Waals surface area contributed by atoms with Gasteiger partial charge in [0.2, 0.25) is 0 Å². The highest BCUT2D eigenvalue weighted by Gasteiger charge is 2.16. The van der Waals surface area contributed by atoms with Crippen LogP contribution < -0.4 is 11.2 Å². The SMILES string of the molecule is CCCCCCc1nc2c(c(=O)n(C)c(=O)n2C)n1C.C[N+](C)(C)CCO. The van der Waals surface area contributed by atoms with Gasteiger partial charge in [0, 0.05) is 27.6 Å². The van der Waals surface area contributed by atoms with Crippen LogP contribution in [0.4, 0.5) is 0 Å². The van der Waals surface area contributed by atoms with Gasteiger partial charge < -0.3 is 14.2 Å². The lowest BCUT2D eigenvalue weighted by Crippen LogP contribution is -2.37. The standard InChI is InChI=1S/C14H22N4O2.C5H14NO/c1-5-6-7-8-9-10-15-12-11(16(10)2)13(19)18(4)14(20)17(12)3;1-6(2,3)4-5-7/h5-9H2,1-4H3;7H,4-5H2,1-3H3/q;+1. The number of imidazole rings is 1. The Balaban J connectivity index is 0.000000445. The van der Waals surface area contributed by atoms with Crippen molar-refractivity contribution in [3.05, 3.63) is 26.7 Å². The Morgan fingerprint density at radius 3 is 2.07 bits per heavy atom. The lowest BCUT2D eigenvalue weighted by Gasteiger charge is -2.21. The van der Waals surface area contributed by atoms with E-state index in [1.807, 2.05) is 11.6 Å². The van der Waals surface area contributed by atoms with Crippen LogP contribution in [0.1, 0.15) is 38.4 Å². The fourth-order valence-corrected chi connectivity index (χ4v) is 2.80. The first kappa shape index (κ1) is 23.1. The number of hydrogen-bond acceptors (Lipinski definition) is 4. The monoisotopic (exact) mass is 382 g/mol. The predicted octanol–water partition coefficient (Wildman–Crippen LogP) is 0.778. The summed E-state index contributed by atoms with van der Waals surface area (Å²) >= 11 is 0. The van der Waals surface area contributed by atoms with Crippen molar-refractivity contribution in [1.82, 2.24) is 18.7 Å². The van der Waals surface area contributed by atoms with Gasteiger partial charge in [0.1, 0.15) is 12.4 Å². The van der Waals surface area contributed by atoms with Crippen molar-refractivity contribution in [2.24, 2.45) is 21.1 Å². The van der Waals surface area contributed by atoms with E-state index in [1.165, 1.54) is 24.5 Å². The average Bonchev–Trinajstić information content (AvgIpc) is 2.91. The Kier molecular flexibility index (Phi) is 8.43. The number of likely N-dealkylation sites (N-methyl/N-ethyl adjacent to an activating group) is 1. The quantitative estimate of drug-likeness (QED) is 0.567. The van der Waals surface area contributed by atoms with E-state index in [2.05, 4.69) is 33.1 Å². The van der Waals surface area contributed by atoms with Crippen molar-refractivity contribution in [1.29, 1.82) is 0 Å². The molecule has 0 unspecified atom stereocenters. The number of hydrogen-bond donors (Lipinski definition) is 1. The van der Waals surface area contributed by atoms with Gasteiger partial charge >= 0.3 is 5.69 Å². The van der Waals surface area contributed by atoms with E-state index in [4.69, 9.17) is 5.11 Å². The van der Waals surface area contributed by atoms with Crippen molar-refractivity contribution in [3.63, 3.8) is 0 Å². The molecule has 0 radical (unpaired) electrons. The number of aromatic nitrogens is 4. The van der Waals surface area contributed by atoms with Crippen LogP contribution in [-0.2, 0) is 27.6 Å². The number of aliphatic hydroxyl groups excluding tert-OH is 1. The Labute approximate surface area is 161 Å². The minimum absolute atomic E-state index is 0.280. The van der Waals surface area contributed by atoms with Gasteiger partial charge in [-0.1, -0.05) is 26.2 Å². The second-order valence-corrected chi connectivity index (χ2v) is 8.01.